The quantitative estimate of drug-likeness (QED) is 0.737. The highest BCUT2D eigenvalue weighted by Gasteiger charge is 2.18. The minimum Gasteiger partial charge on any atom is -0.370 e. The van der Waals surface area contributed by atoms with Gasteiger partial charge in [0.05, 0.1) is 6.54 Å². The Morgan fingerprint density at radius 3 is 2.45 bits per heavy atom. The fourth-order valence-corrected chi connectivity index (χ4v) is 3.87. The van der Waals surface area contributed by atoms with Gasteiger partial charge in [0, 0.05) is 56.2 Å². The van der Waals surface area contributed by atoms with E-state index in [1.54, 1.807) is 41.3 Å². The predicted octanol–water partition coefficient (Wildman–Crippen LogP) is 3.46. The Bertz CT molecular complexity index is 883. The van der Waals surface area contributed by atoms with Crippen LogP contribution in [-0.2, 0) is 4.79 Å². The van der Waals surface area contributed by atoms with Crippen LogP contribution in [0.4, 0.5) is 15.8 Å². The monoisotopic (exact) mass is 426 g/mol. The molecule has 3 rings (SSSR count). The van der Waals surface area contributed by atoms with Crippen molar-refractivity contribution in [2.75, 3.05) is 56.0 Å². The number of hydrogen-bond donors (Lipinski definition) is 1. The summed E-state index contributed by atoms with van der Waals surface area (Å²) in [5.41, 5.74) is 2.21. The molecule has 0 spiro atoms. The first-order valence-electron chi connectivity index (χ1n) is 10.9. The lowest BCUT2D eigenvalue weighted by atomic mass is 10.1. The van der Waals surface area contributed by atoms with Crippen LogP contribution in [0, 0.1) is 5.82 Å². The molecule has 1 aliphatic rings. The van der Waals surface area contributed by atoms with Crippen LogP contribution in [0.25, 0.3) is 0 Å². The number of hydrogen-bond acceptors (Lipinski definition) is 4. The van der Waals surface area contributed by atoms with Crippen molar-refractivity contribution in [2.45, 2.75) is 20.3 Å². The number of amides is 2. The second kappa shape index (κ2) is 10.9. The van der Waals surface area contributed by atoms with Gasteiger partial charge in [-0.05, 0) is 62.7 Å². The molecule has 1 fully saturated rings. The van der Waals surface area contributed by atoms with Crippen molar-refractivity contribution in [3.63, 3.8) is 0 Å². The van der Waals surface area contributed by atoms with Crippen molar-refractivity contribution >= 4 is 23.2 Å². The van der Waals surface area contributed by atoms with Crippen LogP contribution >= 0.6 is 0 Å². The van der Waals surface area contributed by atoms with Crippen molar-refractivity contribution in [3.8, 4) is 0 Å². The Balaban J connectivity index is 1.54. The molecule has 1 aliphatic heterocycles. The summed E-state index contributed by atoms with van der Waals surface area (Å²) in [5.74, 6) is -0.364. The number of rotatable bonds is 7. The van der Waals surface area contributed by atoms with Crippen LogP contribution < -0.4 is 10.2 Å². The van der Waals surface area contributed by atoms with E-state index in [1.807, 2.05) is 13.8 Å². The summed E-state index contributed by atoms with van der Waals surface area (Å²) >= 11 is 0. The molecule has 1 N–H and O–H groups in total. The number of nitrogens with zero attached hydrogens (tertiary/aromatic N) is 3. The zero-order chi connectivity index (χ0) is 22.2. The Morgan fingerprint density at radius 1 is 1.00 bits per heavy atom. The first-order chi connectivity index (χ1) is 15.0. The van der Waals surface area contributed by atoms with Crippen molar-refractivity contribution < 1.29 is 14.0 Å². The number of carbonyl (C=O) groups excluding carboxylic acids is 2. The van der Waals surface area contributed by atoms with E-state index in [0.717, 1.165) is 38.3 Å². The number of anilines is 2. The molecule has 1 heterocycles. The maximum atomic E-state index is 13.2. The molecule has 0 aromatic heterocycles. The molecular weight excluding hydrogens is 395 g/mol. The SMILES string of the molecule is CCN(CC)C(=O)c1cccc(NC(=O)CN2CCCN(c3ccc(F)cc3)CC2)c1. The van der Waals surface area contributed by atoms with Crippen LogP contribution in [0.1, 0.15) is 30.6 Å². The van der Waals surface area contributed by atoms with Gasteiger partial charge in [-0.2, -0.15) is 0 Å². The number of nitrogens with one attached hydrogen (secondary N) is 1. The zero-order valence-electron chi connectivity index (χ0n) is 18.3. The smallest absolute Gasteiger partial charge is 0.253 e. The lowest BCUT2D eigenvalue weighted by Crippen LogP contribution is -2.36. The highest BCUT2D eigenvalue weighted by molar-refractivity contribution is 5.97. The molecule has 2 aromatic carbocycles. The first-order valence-corrected chi connectivity index (χ1v) is 10.9. The second-order valence-electron chi connectivity index (χ2n) is 7.70. The molecule has 7 heteroatoms. The third kappa shape index (κ3) is 6.28. The molecule has 0 unspecified atom stereocenters. The van der Waals surface area contributed by atoms with Gasteiger partial charge in [0.25, 0.3) is 5.91 Å². The summed E-state index contributed by atoms with van der Waals surface area (Å²) in [6, 6.07) is 13.6. The van der Waals surface area contributed by atoms with Crippen molar-refractivity contribution in [1.82, 2.24) is 9.80 Å². The van der Waals surface area contributed by atoms with E-state index >= 15 is 0 Å². The third-order valence-corrected chi connectivity index (χ3v) is 5.59. The number of benzene rings is 2. The van der Waals surface area contributed by atoms with Gasteiger partial charge < -0.3 is 15.1 Å². The Morgan fingerprint density at radius 2 is 1.74 bits per heavy atom. The van der Waals surface area contributed by atoms with E-state index in [-0.39, 0.29) is 17.6 Å². The van der Waals surface area contributed by atoms with Gasteiger partial charge in [0.1, 0.15) is 5.82 Å². The predicted molar refractivity (Wildman–Crippen MR) is 122 cm³/mol. The largest absolute Gasteiger partial charge is 0.370 e. The fourth-order valence-electron chi connectivity index (χ4n) is 3.87. The summed E-state index contributed by atoms with van der Waals surface area (Å²) in [6.07, 6.45) is 0.929. The Kier molecular flexibility index (Phi) is 8.00. The molecule has 0 bridgehead atoms. The summed E-state index contributed by atoms with van der Waals surface area (Å²) < 4.78 is 13.2. The highest BCUT2D eigenvalue weighted by Crippen LogP contribution is 2.17. The van der Waals surface area contributed by atoms with Crippen LogP contribution in [0.5, 0.6) is 0 Å². The normalized spacial score (nSPS) is 14.7. The molecular formula is C24H31FN4O2. The van der Waals surface area contributed by atoms with Gasteiger partial charge in [-0.15, -0.1) is 0 Å². The summed E-state index contributed by atoms with van der Waals surface area (Å²) in [4.78, 5) is 31.3. The molecule has 0 atom stereocenters. The van der Waals surface area contributed by atoms with Crippen LogP contribution in [0.15, 0.2) is 48.5 Å². The molecule has 31 heavy (non-hydrogen) atoms. The van der Waals surface area contributed by atoms with Crippen molar-refractivity contribution in [3.05, 3.63) is 59.9 Å². The summed E-state index contributed by atoms with van der Waals surface area (Å²) in [7, 11) is 0. The Labute approximate surface area is 183 Å². The van der Waals surface area contributed by atoms with Crippen LogP contribution in [0.2, 0.25) is 0 Å². The molecule has 0 saturated carbocycles. The van der Waals surface area contributed by atoms with Gasteiger partial charge >= 0.3 is 0 Å². The average Bonchev–Trinajstić information content (AvgIpc) is 3.00. The lowest BCUT2D eigenvalue weighted by molar-refractivity contribution is -0.117. The average molecular weight is 427 g/mol. The molecule has 1 saturated heterocycles. The van der Waals surface area contributed by atoms with E-state index in [2.05, 4.69) is 15.1 Å². The van der Waals surface area contributed by atoms with Crippen LogP contribution in [-0.4, -0.2) is 67.4 Å². The molecule has 0 radical (unpaired) electrons. The molecule has 2 amide bonds. The number of carbonyl (C=O) groups is 2. The van der Waals surface area contributed by atoms with Gasteiger partial charge in [0.15, 0.2) is 0 Å². The van der Waals surface area contributed by atoms with Crippen molar-refractivity contribution in [2.24, 2.45) is 0 Å². The van der Waals surface area contributed by atoms with E-state index < -0.39 is 0 Å². The third-order valence-electron chi connectivity index (χ3n) is 5.59. The van der Waals surface area contributed by atoms with E-state index in [1.165, 1.54) is 12.1 Å². The van der Waals surface area contributed by atoms with E-state index in [9.17, 15) is 14.0 Å². The maximum absolute atomic E-state index is 13.2. The zero-order valence-corrected chi connectivity index (χ0v) is 18.3. The number of halogens is 1. The van der Waals surface area contributed by atoms with Crippen LogP contribution in [0.3, 0.4) is 0 Å². The minimum atomic E-state index is -0.236. The highest BCUT2D eigenvalue weighted by atomic mass is 19.1. The standard InChI is InChI=1S/C24H31FN4O2/c1-3-28(4-2)24(31)19-7-5-8-21(17-19)26-23(30)18-27-13-6-14-29(16-15-27)22-11-9-20(25)10-12-22/h5,7-12,17H,3-4,6,13-16,18H2,1-2H3,(H,26,30). The molecule has 166 valence electrons. The summed E-state index contributed by atoms with van der Waals surface area (Å²) in [6.45, 7) is 8.73. The minimum absolute atomic E-state index is 0.0329. The van der Waals surface area contributed by atoms with Crippen molar-refractivity contribution in [1.29, 1.82) is 0 Å². The first kappa shape index (κ1) is 22.7. The molecule has 6 nitrogen and oxygen atoms in total. The van der Waals surface area contributed by atoms with Gasteiger partial charge in [-0.1, -0.05) is 6.07 Å². The Hall–Kier alpha value is -2.93. The van der Waals surface area contributed by atoms with E-state index in [4.69, 9.17) is 0 Å². The fraction of sp³-hybridized carbons (Fsp3) is 0.417. The van der Waals surface area contributed by atoms with Gasteiger partial charge in [0.2, 0.25) is 5.91 Å². The van der Waals surface area contributed by atoms with Gasteiger partial charge in [-0.3, -0.25) is 14.5 Å². The second-order valence-corrected chi connectivity index (χ2v) is 7.70. The molecule has 0 aliphatic carbocycles. The maximum Gasteiger partial charge on any atom is 0.253 e. The van der Waals surface area contributed by atoms with Gasteiger partial charge in [-0.25, -0.2) is 4.39 Å². The molecule has 2 aromatic rings. The van der Waals surface area contributed by atoms with E-state index in [0.29, 0.717) is 30.9 Å². The lowest BCUT2D eigenvalue weighted by Gasteiger charge is -2.23. The summed E-state index contributed by atoms with van der Waals surface area (Å²) in [5, 5.41) is 2.92. The topological polar surface area (TPSA) is 55.9 Å².